The van der Waals surface area contributed by atoms with Crippen molar-refractivity contribution in [3.8, 4) is 0 Å². The van der Waals surface area contributed by atoms with Crippen LogP contribution >= 0.6 is 11.6 Å². The van der Waals surface area contributed by atoms with Crippen LogP contribution in [0.15, 0.2) is 11.6 Å². The molecular formula is C21H34ClNO2. The molecule has 2 unspecified atom stereocenters. The Morgan fingerprint density at radius 3 is 2.52 bits per heavy atom. The molecule has 1 saturated heterocycles. The Hall–Kier alpha value is -0.540. The zero-order chi connectivity index (χ0) is 18.5. The van der Waals surface area contributed by atoms with Crippen LogP contribution in [0.3, 0.4) is 0 Å². The summed E-state index contributed by atoms with van der Waals surface area (Å²) in [5.41, 5.74) is 0.944. The summed E-state index contributed by atoms with van der Waals surface area (Å²) in [4.78, 5) is 11.2. The van der Waals surface area contributed by atoms with Gasteiger partial charge in [0.2, 0.25) is 6.41 Å². The van der Waals surface area contributed by atoms with Gasteiger partial charge in [-0.05, 0) is 90.9 Å². The Balaban J connectivity index is 1.92. The van der Waals surface area contributed by atoms with Gasteiger partial charge in [-0.1, -0.05) is 11.6 Å². The van der Waals surface area contributed by atoms with Gasteiger partial charge >= 0.3 is 0 Å². The number of halogens is 1. The van der Waals surface area contributed by atoms with Crippen LogP contribution in [0.5, 0.6) is 0 Å². The zero-order valence-corrected chi connectivity index (χ0v) is 17.2. The predicted octanol–water partition coefficient (Wildman–Crippen LogP) is 4.83. The lowest BCUT2D eigenvalue weighted by atomic mass is 9.55. The van der Waals surface area contributed by atoms with Gasteiger partial charge in [-0.2, -0.15) is 0 Å². The molecule has 1 N–H and O–H groups in total. The lowest BCUT2D eigenvalue weighted by molar-refractivity contribution is -0.205. The molecule has 3 nitrogen and oxygen atoms in total. The number of carbonyl (C=O) groups is 1. The molecule has 0 aromatic heterocycles. The Kier molecular flexibility index (Phi) is 5.05. The van der Waals surface area contributed by atoms with E-state index in [2.05, 4.69) is 46.0 Å². The maximum Gasteiger partial charge on any atom is 0.207 e. The van der Waals surface area contributed by atoms with Crippen LogP contribution in [0.1, 0.15) is 73.1 Å². The molecule has 142 valence electrons. The van der Waals surface area contributed by atoms with Crippen LogP contribution in [-0.4, -0.2) is 28.5 Å². The van der Waals surface area contributed by atoms with Crippen LogP contribution in [0.25, 0.3) is 0 Å². The van der Waals surface area contributed by atoms with E-state index in [1.807, 2.05) is 0 Å². The summed E-state index contributed by atoms with van der Waals surface area (Å²) in [6.45, 7) is 11.0. The number of ether oxygens (including phenoxy) is 1. The van der Waals surface area contributed by atoms with Crippen molar-refractivity contribution in [2.45, 2.75) is 95.3 Å². The normalized spacial score (nSPS) is 46.7. The molecule has 0 aromatic rings. The highest BCUT2D eigenvalue weighted by atomic mass is 35.5. The third-order valence-electron chi connectivity index (χ3n) is 7.37. The molecule has 2 aliphatic carbocycles. The van der Waals surface area contributed by atoms with Gasteiger partial charge in [0.1, 0.15) is 0 Å². The number of fused-ring (bicyclic) bond motifs is 1. The number of hydrogen-bond acceptors (Lipinski definition) is 2. The summed E-state index contributed by atoms with van der Waals surface area (Å²) in [5.74, 6) is 1.43. The molecule has 1 amide bonds. The largest absolute Gasteiger partial charge is 0.368 e. The van der Waals surface area contributed by atoms with Gasteiger partial charge < -0.3 is 10.1 Å². The topological polar surface area (TPSA) is 38.3 Å². The molecule has 1 aliphatic heterocycles. The number of nitrogens with one attached hydrogen (secondary N) is 1. The minimum Gasteiger partial charge on any atom is -0.368 e. The molecule has 2 fully saturated rings. The molecule has 6 atom stereocenters. The molecule has 25 heavy (non-hydrogen) atoms. The highest BCUT2D eigenvalue weighted by Gasteiger charge is 2.55. The third-order valence-corrected chi connectivity index (χ3v) is 8.11. The van der Waals surface area contributed by atoms with Crippen LogP contribution in [0, 0.1) is 17.8 Å². The van der Waals surface area contributed by atoms with Gasteiger partial charge in [0.25, 0.3) is 0 Å². The first-order valence-electron chi connectivity index (χ1n) is 9.84. The number of amides is 1. The highest BCUT2D eigenvalue weighted by molar-refractivity contribution is 6.21. The van der Waals surface area contributed by atoms with Gasteiger partial charge in [0.05, 0.1) is 16.6 Å². The van der Waals surface area contributed by atoms with Crippen molar-refractivity contribution >= 4 is 18.0 Å². The molecule has 0 aromatic carbocycles. The van der Waals surface area contributed by atoms with E-state index in [1.165, 1.54) is 5.57 Å². The van der Waals surface area contributed by atoms with E-state index in [0.717, 1.165) is 44.9 Å². The number of allylic oxidation sites excluding steroid dienone is 2. The summed E-state index contributed by atoms with van der Waals surface area (Å²) in [5, 5.41) is 3.24. The zero-order valence-electron chi connectivity index (χ0n) is 16.4. The summed E-state index contributed by atoms with van der Waals surface area (Å²) >= 11 is 6.54. The summed E-state index contributed by atoms with van der Waals surface area (Å²) < 4.78 is 6.67. The fraction of sp³-hybridized carbons (Fsp3) is 0.857. The van der Waals surface area contributed by atoms with Crippen LogP contribution in [0.2, 0.25) is 0 Å². The van der Waals surface area contributed by atoms with E-state index in [1.54, 1.807) is 0 Å². The van der Waals surface area contributed by atoms with Gasteiger partial charge in [-0.3, -0.25) is 4.79 Å². The van der Waals surface area contributed by atoms with Gasteiger partial charge in [0, 0.05) is 5.54 Å². The van der Waals surface area contributed by atoms with Crippen molar-refractivity contribution in [1.82, 2.24) is 5.32 Å². The number of alkyl halides is 1. The highest BCUT2D eigenvalue weighted by Crippen LogP contribution is 2.54. The first-order valence-corrected chi connectivity index (χ1v) is 10.3. The van der Waals surface area contributed by atoms with Crippen LogP contribution in [0.4, 0.5) is 0 Å². The molecule has 3 aliphatic rings. The van der Waals surface area contributed by atoms with Gasteiger partial charge in [-0.25, -0.2) is 0 Å². The van der Waals surface area contributed by atoms with E-state index < -0.39 is 0 Å². The Morgan fingerprint density at radius 2 is 1.88 bits per heavy atom. The van der Waals surface area contributed by atoms with Crippen molar-refractivity contribution in [3.05, 3.63) is 11.6 Å². The lowest BCUT2D eigenvalue weighted by Crippen LogP contribution is -2.61. The molecule has 0 radical (unpaired) electrons. The lowest BCUT2D eigenvalue weighted by Gasteiger charge is -2.58. The van der Waals surface area contributed by atoms with Gasteiger partial charge in [0.15, 0.2) is 0 Å². The second-order valence-electron chi connectivity index (χ2n) is 9.58. The average molecular weight is 368 g/mol. The fourth-order valence-corrected chi connectivity index (χ4v) is 5.99. The van der Waals surface area contributed by atoms with E-state index in [9.17, 15) is 4.79 Å². The minimum absolute atomic E-state index is 0.0746. The van der Waals surface area contributed by atoms with E-state index >= 15 is 0 Å². The quantitative estimate of drug-likeness (QED) is 0.440. The first kappa shape index (κ1) is 19.2. The summed E-state index contributed by atoms with van der Waals surface area (Å²) in [7, 11) is 0. The molecular weight excluding hydrogens is 334 g/mol. The third kappa shape index (κ3) is 3.39. The Morgan fingerprint density at radius 1 is 1.16 bits per heavy atom. The summed E-state index contributed by atoms with van der Waals surface area (Å²) in [6.07, 6.45) is 9.79. The van der Waals surface area contributed by atoms with Crippen molar-refractivity contribution < 1.29 is 9.53 Å². The molecule has 3 rings (SSSR count). The van der Waals surface area contributed by atoms with Crippen molar-refractivity contribution in [2.75, 3.05) is 0 Å². The molecule has 4 heteroatoms. The maximum absolute atomic E-state index is 11.2. The fourth-order valence-electron chi connectivity index (χ4n) is 5.84. The Labute approximate surface area is 157 Å². The van der Waals surface area contributed by atoms with Gasteiger partial charge in [-0.15, -0.1) is 11.6 Å². The van der Waals surface area contributed by atoms with E-state index in [-0.39, 0.29) is 22.1 Å². The SMILES string of the molecule is CC1=CC2C(CC1)[C@@](C)(NC=O)CC[C@@H]2[C@@]1(C)CC[C@H](Cl)C(C)(C)O1. The Bertz CT molecular complexity index is 560. The first-order chi connectivity index (χ1) is 11.6. The van der Waals surface area contributed by atoms with Crippen molar-refractivity contribution in [3.63, 3.8) is 0 Å². The minimum atomic E-state index is -0.292. The molecule has 0 spiro atoms. The average Bonchev–Trinajstić information content (AvgIpc) is 2.51. The molecule has 1 heterocycles. The van der Waals surface area contributed by atoms with Crippen LogP contribution in [-0.2, 0) is 9.53 Å². The monoisotopic (exact) mass is 367 g/mol. The van der Waals surface area contributed by atoms with E-state index in [0.29, 0.717) is 17.8 Å². The number of hydrogen-bond donors (Lipinski definition) is 1. The molecule has 1 saturated carbocycles. The standard InChI is InChI=1S/C21H34ClNO2/c1-14-6-7-16-15(12-14)17(8-10-20(16,4)23-13-24)21(5)11-9-18(22)19(2,3)25-21/h12-13,15-18H,6-11H2,1-5H3,(H,23,24)/t15?,16?,17-,18-,20-,21+/m0/s1. The summed E-state index contributed by atoms with van der Waals surface area (Å²) in [6, 6.07) is 0. The van der Waals surface area contributed by atoms with Crippen molar-refractivity contribution in [1.29, 1.82) is 0 Å². The second kappa shape index (κ2) is 6.56. The van der Waals surface area contributed by atoms with E-state index in [4.69, 9.17) is 16.3 Å². The van der Waals surface area contributed by atoms with Crippen molar-refractivity contribution in [2.24, 2.45) is 17.8 Å². The molecule has 0 bridgehead atoms. The smallest absolute Gasteiger partial charge is 0.207 e. The maximum atomic E-state index is 11.2. The predicted molar refractivity (Wildman–Crippen MR) is 103 cm³/mol. The number of rotatable bonds is 3. The second-order valence-corrected chi connectivity index (χ2v) is 10.1. The number of carbonyl (C=O) groups excluding carboxylic acids is 1. The van der Waals surface area contributed by atoms with Crippen LogP contribution < -0.4 is 5.32 Å².